The van der Waals surface area contributed by atoms with Crippen LogP contribution in [0.3, 0.4) is 0 Å². The molecule has 0 saturated carbocycles. The number of benzene rings is 1. The van der Waals surface area contributed by atoms with Crippen molar-refractivity contribution in [1.29, 1.82) is 0 Å². The highest BCUT2D eigenvalue weighted by molar-refractivity contribution is 5.89. The summed E-state index contributed by atoms with van der Waals surface area (Å²) in [5, 5.41) is 3.80. The first-order valence-electron chi connectivity index (χ1n) is 5.46. The van der Waals surface area contributed by atoms with E-state index in [4.69, 9.17) is 10.5 Å². The molecule has 0 fully saturated rings. The molecule has 0 unspecified atom stereocenters. The Kier molecular flexibility index (Phi) is 3.39. The number of hydrogen-bond donors (Lipinski definition) is 1. The van der Waals surface area contributed by atoms with Crippen LogP contribution in [0.1, 0.15) is 16.1 Å². The number of ether oxygens (including phenoxy) is 1. The molecule has 8 heteroatoms. The maximum Gasteiger partial charge on any atom is 0.416 e. The van der Waals surface area contributed by atoms with Gasteiger partial charge in [0.05, 0.1) is 5.56 Å². The number of anilines is 1. The molecule has 0 aliphatic heterocycles. The van der Waals surface area contributed by atoms with E-state index in [0.29, 0.717) is 0 Å². The number of halogens is 3. The van der Waals surface area contributed by atoms with Crippen molar-refractivity contribution in [3.05, 3.63) is 41.6 Å². The minimum atomic E-state index is -4.43. The normalized spacial score (nSPS) is 11.4. The Hall–Kier alpha value is -2.51. The standard InChI is InChI=1S/C12H10F3N3O2/c1-18-10(16)6-9(17-18)11(19)20-8-4-2-7(3-5-8)12(13,14)15/h2-6H,16H2,1H3. The minimum absolute atomic E-state index is 0.00720. The molecule has 2 aromatic rings. The van der Waals surface area contributed by atoms with Crippen LogP contribution in [0.15, 0.2) is 30.3 Å². The third-order valence-corrected chi connectivity index (χ3v) is 2.52. The number of rotatable bonds is 2. The fourth-order valence-corrected chi connectivity index (χ4v) is 1.45. The van der Waals surface area contributed by atoms with Crippen LogP contribution in [0.2, 0.25) is 0 Å². The first-order chi connectivity index (χ1) is 9.27. The number of nitrogens with two attached hydrogens (primary N) is 1. The van der Waals surface area contributed by atoms with Crippen LogP contribution in [0.25, 0.3) is 0 Å². The van der Waals surface area contributed by atoms with Crippen LogP contribution in [0.4, 0.5) is 19.0 Å². The Morgan fingerprint density at radius 1 is 1.30 bits per heavy atom. The minimum Gasteiger partial charge on any atom is -0.422 e. The van der Waals surface area contributed by atoms with E-state index in [2.05, 4.69) is 5.10 Å². The SMILES string of the molecule is Cn1nc(C(=O)Oc2ccc(C(F)(F)F)cc2)cc1N. The topological polar surface area (TPSA) is 70.1 Å². The molecule has 0 amide bonds. The predicted octanol–water partition coefficient (Wildman–Crippen LogP) is 2.24. The fourth-order valence-electron chi connectivity index (χ4n) is 1.45. The molecule has 2 N–H and O–H groups in total. The average Bonchev–Trinajstić information content (AvgIpc) is 2.69. The van der Waals surface area contributed by atoms with Crippen LogP contribution in [0, 0.1) is 0 Å². The number of carbonyl (C=O) groups is 1. The first-order valence-corrected chi connectivity index (χ1v) is 5.46. The van der Waals surface area contributed by atoms with E-state index < -0.39 is 17.7 Å². The molecule has 0 aliphatic carbocycles. The summed E-state index contributed by atoms with van der Waals surface area (Å²) in [6.45, 7) is 0. The second kappa shape index (κ2) is 4.87. The molecule has 0 aliphatic rings. The van der Waals surface area contributed by atoms with E-state index in [-0.39, 0.29) is 17.3 Å². The fraction of sp³-hybridized carbons (Fsp3) is 0.167. The van der Waals surface area contributed by atoms with Crippen LogP contribution in [-0.4, -0.2) is 15.7 Å². The summed E-state index contributed by atoms with van der Waals surface area (Å²) in [4.78, 5) is 11.7. The smallest absolute Gasteiger partial charge is 0.416 e. The van der Waals surface area contributed by atoms with Gasteiger partial charge in [0.15, 0.2) is 5.69 Å². The van der Waals surface area contributed by atoms with Gasteiger partial charge in [-0.3, -0.25) is 4.68 Å². The Balaban J connectivity index is 2.12. The Morgan fingerprint density at radius 2 is 1.90 bits per heavy atom. The van der Waals surface area contributed by atoms with Gasteiger partial charge in [-0.2, -0.15) is 18.3 Å². The third-order valence-electron chi connectivity index (χ3n) is 2.52. The zero-order chi connectivity index (χ0) is 14.9. The summed E-state index contributed by atoms with van der Waals surface area (Å²) in [5.74, 6) is -0.534. The van der Waals surface area contributed by atoms with Crippen LogP contribution in [-0.2, 0) is 13.2 Å². The average molecular weight is 285 g/mol. The molecular formula is C12H10F3N3O2. The second-order valence-electron chi connectivity index (χ2n) is 3.99. The molecule has 0 spiro atoms. The van der Waals surface area contributed by atoms with E-state index in [1.54, 1.807) is 7.05 Å². The quantitative estimate of drug-likeness (QED) is 0.678. The van der Waals surface area contributed by atoms with Gasteiger partial charge >= 0.3 is 12.1 Å². The van der Waals surface area contributed by atoms with Gasteiger partial charge in [0.2, 0.25) is 0 Å². The summed E-state index contributed by atoms with van der Waals surface area (Å²) in [6, 6.07) is 5.09. The van der Waals surface area contributed by atoms with Gasteiger partial charge in [-0.1, -0.05) is 0 Å². The van der Waals surface area contributed by atoms with Gasteiger partial charge in [-0.05, 0) is 24.3 Å². The maximum absolute atomic E-state index is 12.4. The maximum atomic E-state index is 12.4. The van der Waals surface area contributed by atoms with Crippen molar-refractivity contribution in [2.24, 2.45) is 7.05 Å². The van der Waals surface area contributed by atoms with Crippen molar-refractivity contribution < 1.29 is 22.7 Å². The molecule has 0 bridgehead atoms. The summed E-state index contributed by atoms with van der Waals surface area (Å²) < 4.78 is 43.3. The number of alkyl halides is 3. The highest BCUT2D eigenvalue weighted by Crippen LogP contribution is 2.30. The van der Waals surface area contributed by atoms with Gasteiger partial charge in [0.1, 0.15) is 11.6 Å². The largest absolute Gasteiger partial charge is 0.422 e. The van der Waals surface area contributed by atoms with E-state index in [1.807, 2.05) is 0 Å². The molecular weight excluding hydrogens is 275 g/mol. The zero-order valence-electron chi connectivity index (χ0n) is 10.3. The molecule has 106 valence electrons. The Morgan fingerprint density at radius 3 is 2.35 bits per heavy atom. The number of carbonyl (C=O) groups excluding carboxylic acids is 1. The number of hydrogen-bond acceptors (Lipinski definition) is 4. The van der Waals surface area contributed by atoms with Gasteiger partial charge in [-0.15, -0.1) is 0 Å². The molecule has 0 saturated heterocycles. The van der Waals surface area contributed by atoms with Crippen molar-refractivity contribution in [3.63, 3.8) is 0 Å². The summed E-state index contributed by atoms with van der Waals surface area (Å²) in [6.07, 6.45) is -4.43. The van der Waals surface area contributed by atoms with E-state index in [0.717, 1.165) is 24.3 Å². The molecule has 2 rings (SSSR count). The molecule has 0 radical (unpaired) electrons. The number of nitrogen functional groups attached to an aromatic ring is 1. The number of aryl methyl sites for hydroxylation is 1. The highest BCUT2D eigenvalue weighted by Gasteiger charge is 2.30. The van der Waals surface area contributed by atoms with Gasteiger partial charge < -0.3 is 10.5 Å². The predicted molar refractivity (Wildman–Crippen MR) is 64.0 cm³/mol. The van der Waals surface area contributed by atoms with Crippen LogP contribution >= 0.6 is 0 Å². The number of nitrogens with zero attached hydrogens (tertiary/aromatic N) is 2. The van der Waals surface area contributed by atoms with Gasteiger partial charge in [0.25, 0.3) is 0 Å². The molecule has 1 aromatic heterocycles. The summed E-state index contributed by atoms with van der Waals surface area (Å²) in [7, 11) is 1.55. The van der Waals surface area contributed by atoms with Gasteiger partial charge in [-0.25, -0.2) is 4.79 Å². The van der Waals surface area contributed by atoms with Crippen LogP contribution in [0.5, 0.6) is 5.75 Å². The highest BCUT2D eigenvalue weighted by atomic mass is 19.4. The van der Waals surface area contributed by atoms with Crippen molar-refractivity contribution in [2.45, 2.75) is 6.18 Å². The van der Waals surface area contributed by atoms with Crippen LogP contribution < -0.4 is 10.5 Å². The van der Waals surface area contributed by atoms with Crippen molar-refractivity contribution in [3.8, 4) is 5.75 Å². The first kappa shape index (κ1) is 13.9. The second-order valence-corrected chi connectivity index (χ2v) is 3.99. The molecule has 1 heterocycles. The number of aromatic nitrogens is 2. The van der Waals surface area contributed by atoms with E-state index >= 15 is 0 Å². The molecule has 0 atom stereocenters. The number of esters is 1. The molecule has 20 heavy (non-hydrogen) atoms. The molecule has 1 aromatic carbocycles. The zero-order valence-corrected chi connectivity index (χ0v) is 10.3. The van der Waals surface area contributed by atoms with E-state index in [1.165, 1.54) is 10.7 Å². The van der Waals surface area contributed by atoms with Crippen molar-refractivity contribution in [2.75, 3.05) is 5.73 Å². The molecule has 5 nitrogen and oxygen atoms in total. The third kappa shape index (κ3) is 2.90. The lowest BCUT2D eigenvalue weighted by molar-refractivity contribution is -0.137. The lowest BCUT2D eigenvalue weighted by atomic mass is 10.2. The summed E-state index contributed by atoms with van der Waals surface area (Å²) in [5.41, 5.74) is 4.66. The Bertz CT molecular complexity index is 613. The van der Waals surface area contributed by atoms with Crippen molar-refractivity contribution >= 4 is 11.8 Å². The van der Waals surface area contributed by atoms with E-state index in [9.17, 15) is 18.0 Å². The lowest BCUT2D eigenvalue weighted by Gasteiger charge is -2.07. The summed E-state index contributed by atoms with van der Waals surface area (Å²) >= 11 is 0. The monoisotopic (exact) mass is 285 g/mol. The Labute approximate surface area is 111 Å². The van der Waals surface area contributed by atoms with Gasteiger partial charge in [0, 0.05) is 13.1 Å². The van der Waals surface area contributed by atoms with Crippen molar-refractivity contribution in [1.82, 2.24) is 9.78 Å². The lowest BCUT2D eigenvalue weighted by Crippen LogP contribution is -2.10.